The molecule has 0 saturated heterocycles. The molecule has 0 radical (unpaired) electrons. The summed E-state index contributed by atoms with van der Waals surface area (Å²) in [5, 5.41) is 7.33. The Kier molecular flexibility index (Phi) is 5.13. The molecule has 20 heavy (non-hydrogen) atoms. The largest absolute Gasteiger partial charge is 0.351 e. The molecule has 4 N–H and O–H groups in total. The SMILES string of the molecule is CCSCC(C)Nc1nc(NN)nc(-n2cccn2)n1. The minimum atomic E-state index is 0.249. The number of aromatic nitrogens is 5. The van der Waals surface area contributed by atoms with E-state index in [0.29, 0.717) is 17.8 Å². The summed E-state index contributed by atoms with van der Waals surface area (Å²) >= 11 is 1.86. The first-order chi connectivity index (χ1) is 9.72. The van der Waals surface area contributed by atoms with Gasteiger partial charge in [-0.05, 0) is 18.7 Å². The maximum Gasteiger partial charge on any atom is 0.257 e. The smallest absolute Gasteiger partial charge is 0.257 e. The second-order valence-corrected chi connectivity index (χ2v) is 5.40. The van der Waals surface area contributed by atoms with Crippen molar-refractivity contribution in [2.45, 2.75) is 19.9 Å². The van der Waals surface area contributed by atoms with Crippen LogP contribution in [0.5, 0.6) is 0 Å². The number of hydrogen-bond acceptors (Lipinski definition) is 8. The molecule has 1 unspecified atom stereocenters. The van der Waals surface area contributed by atoms with Crippen LogP contribution in [-0.4, -0.2) is 42.3 Å². The predicted molar refractivity (Wildman–Crippen MR) is 80.8 cm³/mol. The molecule has 0 aliphatic carbocycles. The van der Waals surface area contributed by atoms with Crippen LogP contribution in [0.1, 0.15) is 13.8 Å². The fourth-order valence-electron chi connectivity index (χ4n) is 1.54. The lowest BCUT2D eigenvalue weighted by molar-refractivity contribution is 0.788. The standard InChI is InChI=1S/C11H18N8S/c1-3-20-7-8(2)14-9-15-10(18-12)17-11(16-9)19-6-4-5-13-19/h4-6,8H,3,7,12H2,1-2H3,(H2,14,15,16,17,18). The Morgan fingerprint density at radius 3 is 2.80 bits per heavy atom. The zero-order valence-electron chi connectivity index (χ0n) is 11.4. The zero-order valence-corrected chi connectivity index (χ0v) is 12.3. The molecule has 2 rings (SSSR count). The highest BCUT2D eigenvalue weighted by molar-refractivity contribution is 7.99. The topological polar surface area (TPSA) is 107 Å². The van der Waals surface area contributed by atoms with Gasteiger partial charge in [0.2, 0.25) is 11.9 Å². The van der Waals surface area contributed by atoms with Gasteiger partial charge in [0.15, 0.2) is 0 Å². The first kappa shape index (κ1) is 14.5. The van der Waals surface area contributed by atoms with Crippen LogP contribution in [0.4, 0.5) is 11.9 Å². The second kappa shape index (κ2) is 7.06. The number of anilines is 2. The van der Waals surface area contributed by atoms with E-state index in [9.17, 15) is 0 Å². The van der Waals surface area contributed by atoms with E-state index in [4.69, 9.17) is 5.84 Å². The highest BCUT2D eigenvalue weighted by atomic mass is 32.2. The maximum absolute atomic E-state index is 5.39. The molecule has 0 spiro atoms. The number of nitrogen functional groups attached to an aromatic ring is 1. The number of rotatable bonds is 7. The molecule has 2 heterocycles. The van der Waals surface area contributed by atoms with E-state index in [2.05, 4.69) is 44.6 Å². The van der Waals surface area contributed by atoms with Gasteiger partial charge in [-0.2, -0.15) is 31.8 Å². The molecule has 108 valence electrons. The average molecular weight is 294 g/mol. The molecule has 2 aromatic heterocycles. The quantitative estimate of drug-likeness (QED) is 0.511. The number of nitrogens with two attached hydrogens (primary N) is 1. The van der Waals surface area contributed by atoms with Gasteiger partial charge in [0.1, 0.15) is 0 Å². The van der Waals surface area contributed by atoms with Crippen LogP contribution in [0.2, 0.25) is 0 Å². The minimum Gasteiger partial charge on any atom is -0.351 e. The van der Waals surface area contributed by atoms with Crippen LogP contribution in [-0.2, 0) is 0 Å². The Bertz CT molecular complexity index is 529. The Balaban J connectivity index is 2.18. The van der Waals surface area contributed by atoms with Gasteiger partial charge in [0, 0.05) is 24.2 Å². The average Bonchev–Trinajstić information content (AvgIpc) is 2.99. The van der Waals surface area contributed by atoms with Crippen LogP contribution in [0.15, 0.2) is 18.5 Å². The van der Waals surface area contributed by atoms with Crippen LogP contribution in [0, 0.1) is 0 Å². The summed E-state index contributed by atoms with van der Waals surface area (Å²) in [6, 6.07) is 2.05. The van der Waals surface area contributed by atoms with Gasteiger partial charge in [0.25, 0.3) is 5.95 Å². The molecular formula is C11H18N8S. The van der Waals surface area contributed by atoms with Gasteiger partial charge < -0.3 is 5.32 Å². The van der Waals surface area contributed by atoms with Crippen molar-refractivity contribution in [2.24, 2.45) is 5.84 Å². The second-order valence-electron chi connectivity index (χ2n) is 4.08. The molecule has 0 saturated carbocycles. The third-order valence-corrected chi connectivity index (χ3v) is 3.55. The van der Waals surface area contributed by atoms with Crippen LogP contribution in [0.3, 0.4) is 0 Å². The lowest BCUT2D eigenvalue weighted by Crippen LogP contribution is -2.22. The van der Waals surface area contributed by atoms with E-state index in [1.807, 2.05) is 11.8 Å². The number of hydrazine groups is 1. The van der Waals surface area contributed by atoms with Crippen molar-refractivity contribution < 1.29 is 0 Å². The summed E-state index contributed by atoms with van der Waals surface area (Å²) in [5.74, 6) is 8.63. The van der Waals surface area contributed by atoms with E-state index < -0.39 is 0 Å². The minimum absolute atomic E-state index is 0.249. The molecule has 8 nitrogen and oxygen atoms in total. The Hall–Kier alpha value is -1.87. The summed E-state index contributed by atoms with van der Waals surface area (Å²) < 4.78 is 1.55. The van der Waals surface area contributed by atoms with Gasteiger partial charge in [-0.1, -0.05) is 6.92 Å². The third kappa shape index (κ3) is 3.81. The normalized spacial score (nSPS) is 12.2. The van der Waals surface area contributed by atoms with Crippen molar-refractivity contribution in [3.8, 4) is 5.95 Å². The molecule has 0 bridgehead atoms. The zero-order chi connectivity index (χ0) is 14.4. The van der Waals surface area contributed by atoms with E-state index in [1.165, 1.54) is 0 Å². The lowest BCUT2D eigenvalue weighted by atomic mass is 10.4. The van der Waals surface area contributed by atoms with Crippen molar-refractivity contribution in [2.75, 3.05) is 22.2 Å². The van der Waals surface area contributed by atoms with Gasteiger partial charge in [-0.25, -0.2) is 10.5 Å². The van der Waals surface area contributed by atoms with Crippen LogP contribution < -0.4 is 16.6 Å². The van der Waals surface area contributed by atoms with Crippen molar-refractivity contribution in [3.05, 3.63) is 18.5 Å². The molecule has 1 atom stereocenters. The van der Waals surface area contributed by atoms with Gasteiger partial charge in [-0.15, -0.1) is 0 Å². The van der Waals surface area contributed by atoms with Crippen molar-refractivity contribution in [1.29, 1.82) is 0 Å². The maximum atomic E-state index is 5.39. The first-order valence-corrected chi connectivity index (χ1v) is 7.45. The van der Waals surface area contributed by atoms with Crippen LogP contribution >= 0.6 is 11.8 Å². The highest BCUT2D eigenvalue weighted by Crippen LogP contribution is 2.11. The molecule has 2 aromatic rings. The lowest BCUT2D eigenvalue weighted by Gasteiger charge is -2.14. The fourth-order valence-corrected chi connectivity index (χ4v) is 2.21. The summed E-state index contributed by atoms with van der Waals surface area (Å²) in [6.45, 7) is 4.21. The number of nitrogens with one attached hydrogen (secondary N) is 2. The molecular weight excluding hydrogens is 276 g/mol. The van der Waals surface area contributed by atoms with Gasteiger partial charge in [-0.3, -0.25) is 5.43 Å². The van der Waals surface area contributed by atoms with Crippen molar-refractivity contribution in [1.82, 2.24) is 24.7 Å². The number of hydrogen-bond donors (Lipinski definition) is 3. The van der Waals surface area contributed by atoms with E-state index in [0.717, 1.165) is 11.5 Å². The van der Waals surface area contributed by atoms with Gasteiger partial charge >= 0.3 is 0 Å². The first-order valence-electron chi connectivity index (χ1n) is 6.30. The molecule has 9 heteroatoms. The monoisotopic (exact) mass is 294 g/mol. The molecule has 0 aromatic carbocycles. The molecule has 0 aliphatic heterocycles. The number of nitrogens with zero attached hydrogens (tertiary/aromatic N) is 5. The highest BCUT2D eigenvalue weighted by Gasteiger charge is 2.10. The van der Waals surface area contributed by atoms with Gasteiger partial charge in [0.05, 0.1) is 0 Å². The molecule has 0 aliphatic rings. The summed E-state index contributed by atoms with van der Waals surface area (Å²) in [6.07, 6.45) is 3.42. The Morgan fingerprint density at radius 1 is 1.35 bits per heavy atom. The van der Waals surface area contributed by atoms with Crippen molar-refractivity contribution in [3.63, 3.8) is 0 Å². The Labute approximate surface area is 121 Å². The predicted octanol–water partition coefficient (Wildman–Crippen LogP) is 0.896. The van der Waals surface area contributed by atoms with Crippen molar-refractivity contribution >= 4 is 23.7 Å². The molecule has 0 fully saturated rings. The van der Waals surface area contributed by atoms with E-state index in [1.54, 1.807) is 23.1 Å². The Morgan fingerprint density at radius 2 is 2.15 bits per heavy atom. The van der Waals surface area contributed by atoms with Crippen LogP contribution in [0.25, 0.3) is 5.95 Å². The third-order valence-electron chi connectivity index (χ3n) is 2.41. The molecule has 0 amide bonds. The number of thioether (sulfide) groups is 1. The van der Waals surface area contributed by atoms with E-state index >= 15 is 0 Å². The summed E-state index contributed by atoms with van der Waals surface area (Å²) in [4.78, 5) is 12.7. The van der Waals surface area contributed by atoms with E-state index in [-0.39, 0.29) is 6.04 Å². The summed E-state index contributed by atoms with van der Waals surface area (Å²) in [5.41, 5.74) is 2.44. The fraction of sp³-hybridized carbons (Fsp3) is 0.455. The summed E-state index contributed by atoms with van der Waals surface area (Å²) in [7, 11) is 0.